The Bertz CT molecular complexity index is 1150. The normalized spacial score (nSPS) is 11.4. The Kier molecular flexibility index (Phi) is 9.07. The molecule has 0 saturated carbocycles. The number of amides is 2. The molecule has 0 fully saturated rings. The molecule has 3 rings (SSSR count). The van der Waals surface area contributed by atoms with Crippen molar-refractivity contribution in [2.75, 3.05) is 6.54 Å². The third kappa shape index (κ3) is 6.71. The minimum absolute atomic E-state index is 0.0114. The van der Waals surface area contributed by atoms with Crippen molar-refractivity contribution in [2.24, 2.45) is 0 Å². The molecule has 0 bridgehead atoms. The van der Waals surface area contributed by atoms with Crippen molar-refractivity contribution in [3.8, 4) is 0 Å². The molecule has 0 saturated heterocycles. The van der Waals surface area contributed by atoms with E-state index in [9.17, 15) is 9.59 Å². The van der Waals surface area contributed by atoms with Crippen molar-refractivity contribution in [1.29, 1.82) is 0 Å². The van der Waals surface area contributed by atoms with Crippen molar-refractivity contribution in [2.45, 2.75) is 85.9 Å². The van der Waals surface area contributed by atoms with Gasteiger partial charge < -0.3 is 14.8 Å². The van der Waals surface area contributed by atoms with E-state index in [1.54, 1.807) is 0 Å². The quantitative estimate of drug-likeness (QED) is 0.375. The number of carbonyl (C=O) groups is 2. The summed E-state index contributed by atoms with van der Waals surface area (Å²) in [5.74, 6) is 1.06. The molecule has 0 aliphatic rings. The van der Waals surface area contributed by atoms with Crippen LogP contribution in [-0.2, 0) is 17.8 Å². The van der Waals surface area contributed by atoms with Crippen LogP contribution in [0.15, 0.2) is 42.5 Å². The number of para-hydroxylation sites is 2. The number of aryl methyl sites for hydroxylation is 3. The molecule has 1 heterocycles. The van der Waals surface area contributed by atoms with Crippen molar-refractivity contribution in [3.63, 3.8) is 0 Å². The molecule has 0 atom stereocenters. The Balaban J connectivity index is 1.57. The van der Waals surface area contributed by atoms with E-state index in [1.165, 1.54) is 0 Å². The van der Waals surface area contributed by atoms with E-state index in [-0.39, 0.29) is 23.9 Å². The fourth-order valence-electron chi connectivity index (χ4n) is 4.83. The maximum atomic E-state index is 13.2. The molecule has 0 radical (unpaired) electrons. The third-order valence-corrected chi connectivity index (χ3v) is 6.42. The van der Waals surface area contributed by atoms with Crippen LogP contribution in [0.1, 0.15) is 74.3 Å². The highest BCUT2D eigenvalue weighted by atomic mass is 16.2. The van der Waals surface area contributed by atoms with Gasteiger partial charge in [0.25, 0.3) is 5.91 Å². The summed E-state index contributed by atoms with van der Waals surface area (Å²) in [5.41, 5.74) is 4.84. The molecule has 6 heteroatoms. The van der Waals surface area contributed by atoms with Crippen molar-refractivity contribution < 1.29 is 9.59 Å². The van der Waals surface area contributed by atoms with Gasteiger partial charge in [0.15, 0.2) is 0 Å². The van der Waals surface area contributed by atoms with Gasteiger partial charge in [-0.15, -0.1) is 0 Å². The Hall–Kier alpha value is -3.15. The number of nitrogens with one attached hydrogen (secondary N) is 1. The Morgan fingerprint density at radius 1 is 0.971 bits per heavy atom. The average Bonchev–Trinajstić information content (AvgIpc) is 3.12. The maximum Gasteiger partial charge on any atom is 0.251 e. The monoisotopic (exact) mass is 476 g/mol. The van der Waals surface area contributed by atoms with Crippen LogP contribution in [0.3, 0.4) is 0 Å². The van der Waals surface area contributed by atoms with E-state index >= 15 is 0 Å². The second-order valence-corrected chi connectivity index (χ2v) is 9.98. The zero-order chi connectivity index (χ0) is 25.5. The van der Waals surface area contributed by atoms with Gasteiger partial charge in [0.05, 0.1) is 11.0 Å². The van der Waals surface area contributed by atoms with Gasteiger partial charge in [0.2, 0.25) is 5.91 Å². The lowest BCUT2D eigenvalue weighted by Crippen LogP contribution is -2.43. The Morgan fingerprint density at radius 2 is 1.69 bits per heavy atom. The molecule has 2 aromatic carbocycles. The van der Waals surface area contributed by atoms with E-state index in [0.29, 0.717) is 13.1 Å². The molecule has 1 aromatic heterocycles. The summed E-state index contributed by atoms with van der Waals surface area (Å²) in [6.07, 6.45) is 3.64. The van der Waals surface area contributed by atoms with Gasteiger partial charge in [-0.25, -0.2) is 4.98 Å². The van der Waals surface area contributed by atoms with Crippen LogP contribution in [0.2, 0.25) is 0 Å². The number of benzene rings is 2. The second-order valence-electron chi connectivity index (χ2n) is 9.98. The molecular formula is C29H40N4O2. The first kappa shape index (κ1) is 26.5. The third-order valence-electron chi connectivity index (χ3n) is 6.42. The number of carbonyl (C=O) groups excluding carboxylic acids is 2. The van der Waals surface area contributed by atoms with E-state index in [0.717, 1.165) is 59.2 Å². The van der Waals surface area contributed by atoms with E-state index in [4.69, 9.17) is 4.98 Å². The molecule has 0 spiro atoms. The molecule has 1 N–H and O–H groups in total. The number of rotatable bonds is 11. The van der Waals surface area contributed by atoms with Gasteiger partial charge in [0.1, 0.15) is 12.4 Å². The predicted octanol–water partition coefficient (Wildman–Crippen LogP) is 5.44. The summed E-state index contributed by atoms with van der Waals surface area (Å²) in [6, 6.07) is 14.2. The van der Waals surface area contributed by atoms with E-state index in [1.807, 2.05) is 61.2 Å². The number of fused-ring (bicyclic) bond motifs is 1. The maximum absolute atomic E-state index is 13.2. The molecular weight excluding hydrogens is 436 g/mol. The van der Waals surface area contributed by atoms with Crippen LogP contribution in [0.4, 0.5) is 0 Å². The molecule has 0 aliphatic carbocycles. The van der Waals surface area contributed by atoms with Crippen LogP contribution in [0.25, 0.3) is 11.0 Å². The van der Waals surface area contributed by atoms with Gasteiger partial charge in [-0.3, -0.25) is 9.59 Å². The number of unbranched alkanes of at least 4 members (excludes halogenated alkanes) is 2. The lowest BCUT2D eigenvalue weighted by molar-refractivity contribution is -0.135. The first-order chi connectivity index (χ1) is 16.7. The highest BCUT2D eigenvalue weighted by Crippen LogP contribution is 2.19. The van der Waals surface area contributed by atoms with Crippen molar-refractivity contribution in [1.82, 2.24) is 19.8 Å². The number of hydrogen-bond acceptors (Lipinski definition) is 3. The molecule has 0 aliphatic heterocycles. The van der Waals surface area contributed by atoms with Crippen molar-refractivity contribution >= 4 is 22.8 Å². The fourth-order valence-corrected chi connectivity index (χ4v) is 4.83. The molecule has 3 aromatic rings. The van der Waals surface area contributed by atoms with Crippen LogP contribution in [0.5, 0.6) is 0 Å². The zero-order valence-electron chi connectivity index (χ0n) is 22.1. The molecule has 35 heavy (non-hydrogen) atoms. The molecule has 6 nitrogen and oxygen atoms in total. The summed E-state index contributed by atoms with van der Waals surface area (Å²) in [6.45, 7) is 13.2. The van der Waals surface area contributed by atoms with Crippen LogP contribution >= 0.6 is 0 Å². The number of hydrogen-bond donors (Lipinski definition) is 1. The highest BCUT2D eigenvalue weighted by molar-refractivity contribution is 5.95. The molecule has 188 valence electrons. The van der Waals surface area contributed by atoms with E-state index < -0.39 is 0 Å². The van der Waals surface area contributed by atoms with E-state index in [2.05, 4.69) is 37.6 Å². The van der Waals surface area contributed by atoms with Crippen LogP contribution < -0.4 is 5.32 Å². The first-order valence-electron chi connectivity index (χ1n) is 12.8. The summed E-state index contributed by atoms with van der Waals surface area (Å²) >= 11 is 0. The lowest BCUT2D eigenvalue weighted by atomic mass is 10.1. The standard InChI is InChI=1S/C29H40N4O2/c1-20(2)33(21(3)4)28(34)19-32-26-13-10-9-12-25(26)31-27(32)14-8-7-11-17-30-29(35)24-16-15-22(5)18-23(24)6/h9-10,12-13,15-16,18,20-21H,7-8,11,14,17,19H2,1-6H3,(H,30,35). The average molecular weight is 477 g/mol. The number of nitrogens with zero attached hydrogens (tertiary/aromatic N) is 3. The summed E-state index contributed by atoms with van der Waals surface area (Å²) in [4.78, 5) is 32.4. The molecule has 2 amide bonds. The summed E-state index contributed by atoms with van der Waals surface area (Å²) < 4.78 is 2.08. The minimum Gasteiger partial charge on any atom is -0.352 e. The van der Waals surface area contributed by atoms with Gasteiger partial charge in [0, 0.05) is 30.6 Å². The van der Waals surface area contributed by atoms with Crippen molar-refractivity contribution in [3.05, 3.63) is 65.0 Å². The van der Waals surface area contributed by atoms with Crippen LogP contribution in [0, 0.1) is 13.8 Å². The lowest BCUT2D eigenvalue weighted by Gasteiger charge is -2.31. The SMILES string of the molecule is Cc1ccc(C(=O)NCCCCCc2nc3ccccc3n2CC(=O)N(C(C)C)C(C)C)c(C)c1. The summed E-state index contributed by atoms with van der Waals surface area (Å²) in [7, 11) is 0. The highest BCUT2D eigenvalue weighted by Gasteiger charge is 2.22. The largest absolute Gasteiger partial charge is 0.352 e. The van der Waals surface area contributed by atoms with Crippen LogP contribution in [-0.4, -0.2) is 44.9 Å². The Morgan fingerprint density at radius 3 is 2.37 bits per heavy atom. The smallest absolute Gasteiger partial charge is 0.251 e. The Labute approximate surface area is 209 Å². The summed E-state index contributed by atoms with van der Waals surface area (Å²) in [5, 5.41) is 3.04. The fraction of sp³-hybridized carbons (Fsp3) is 0.483. The number of imidazole rings is 1. The number of aromatic nitrogens is 2. The zero-order valence-corrected chi connectivity index (χ0v) is 22.1. The first-order valence-corrected chi connectivity index (χ1v) is 12.8. The van der Waals surface area contributed by atoms with Gasteiger partial charge in [-0.2, -0.15) is 0 Å². The minimum atomic E-state index is -0.0114. The van der Waals surface area contributed by atoms with Gasteiger partial charge in [-0.1, -0.05) is 36.2 Å². The predicted molar refractivity (Wildman–Crippen MR) is 143 cm³/mol. The second kappa shape index (κ2) is 12.0. The molecule has 0 unspecified atom stereocenters. The van der Waals surface area contributed by atoms with Gasteiger partial charge in [-0.05, 0) is 78.1 Å². The van der Waals surface area contributed by atoms with Gasteiger partial charge >= 0.3 is 0 Å². The topological polar surface area (TPSA) is 67.2 Å².